The van der Waals surface area contributed by atoms with Crippen LogP contribution in [-0.2, 0) is 20.9 Å². The SMILES string of the molecule is CC1(C)NC(=O)N(CCC(=O)OCc2ccccc2Cl)C1=O. The van der Waals surface area contributed by atoms with Crippen molar-refractivity contribution in [2.75, 3.05) is 6.54 Å². The van der Waals surface area contributed by atoms with Crippen molar-refractivity contribution in [2.45, 2.75) is 32.4 Å². The molecule has 6 nitrogen and oxygen atoms in total. The predicted molar refractivity (Wildman–Crippen MR) is 80.2 cm³/mol. The Labute approximate surface area is 133 Å². The highest BCUT2D eigenvalue weighted by atomic mass is 35.5. The molecule has 0 spiro atoms. The number of nitrogens with zero attached hydrogens (tertiary/aromatic N) is 1. The fourth-order valence-electron chi connectivity index (χ4n) is 2.07. The molecule has 1 saturated heterocycles. The van der Waals surface area contributed by atoms with E-state index in [0.717, 1.165) is 4.90 Å². The summed E-state index contributed by atoms with van der Waals surface area (Å²) in [5.74, 6) is -0.846. The highest BCUT2D eigenvalue weighted by molar-refractivity contribution is 6.31. The normalized spacial score (nSPS) is 16.6. The molecule has 0 radical (unpaired) electrons. The summed E-state index contributed by atoms with van der Waals surface area (Å²) in [5, 5.41) is 3.07. The molecule has 22 heavy (non-hydrogen) atoms. The Bertz CT molecular complexity index is 615. The molecule has 1 aromatic carbocycles. The first-order chi connectivity index (χ1) is 10.3. The van der Waals surface area contributed by atoms with E-state index in [2.05, 4.69) is 5.32 Å². The molecule has 1 N–H and O–H groups in total. The van der Waals surface area contributed by atoms with Crippen LogP contribution < -0.4 is 5.32 Å². The maximum absolute atomic E-state index is 11.9. The summed E-state index contributed by atoms with van der Waals surface area (Å²) in [7, 11) is 0. The number of urea groups is 1. The van der Waals surface area contributed by atoms with Gasteiger partial charge in [-0.15, -0.1) is 0 Å². The van der Waals surface area contributed by atoms with E-state index >= 15 is 0 Å². The smallest absolute Gasteiger partial charge is 0.325 e. The summed E-state index contributed by atoms with van der Waals surface area (Å²) in [6.45, 7) is 3.28. The number of carbonyl (C=O) groups is 3. The third-order valence-corrected chi connectivity index (χ3v) is 3.70. The predicted octanol–water partition coefficient (Wildman–Crippen LogP) is 2.10. The lowest BCUT2D eigenvalue weighted by Crippen LogP contribution is -2.40. The van der Waals surface area contributed by atoms with Crippen LogP contribution in [0.4, 0.5) is 4.79 Å². The van der Waals surface area contributed by atoms with Crippen LogP contribution in [0, 0.1) is 0 Å². The van der Waals surface area contributed by atoms with Crippen molar-refractivity contribution in [1.29, 1.82) is 0 Å². The van der Waals surface area contributed by atoms with E-state index in [1.807, 2.05) is 0 Å². The molecular formula is C15H17ClN2O4. The second-order valence-corrected chi connectivity index (χ2v) is 5.92. The zero-order chi connectivity index (χ0) is 16.3. The highest BCUT2D eigenvalue weighted by Gasteiger charge is 2.44. The lowest BCUT2D eigenvalue weighted by Gasteiger charge is -2.15. The summed E-state index contributed by atoms with van der Waals surface area (Å²) in [5.41, 5.74) is -0.230. The quantitative estimate of drug-likeness (QED) is 0.665. The van der Waals surface area contributed by atoms with Crippen molar-refractivity contribution in [2.24, 2.45) is 0 Å². The van der Waals surface area contributed by atoms with Crippen LogP contribution in [0.3, 0.4) is 0 Å². The number of benzene rings is 1. The molecule has 1 aliphatic heterocycles. The molecule has 1 aliphatic rings. The number of hydrogen-bond acceptors (Lipinski definition) is 4. The van der Waals surface area contributed by atoms with Crippen molar-refractivity contribution in [3.05, 3.63) is 34.9 Å². The van der Waals surface area contributed by atoms with Gasteiger partial charge in [-0.25, -0.2) is 4.79 Å². The van der Waals surface area contributed by atoms with Crippen molar-refractivity contribution < 1.29 is 19.1 Å². The molecule has 1 fully saturated rings. The molecule has 0 aliphatic carbocycles. The molecule has 0 unspecified atom stereocenters. The van der Waals surface area contributed by atoms with Gasteiger partial charge in [0.2, 0.25) is 0 Å². The molecule has 7 heteroatoms. The van der Waals surface area contributed by atoms with E-state index in [-0.39, 0.29) is 25.5 Å². The summed E-state index contributed by atoms with van der Waals surface area (Å²) < 4.78 is 5.10. The third-order valence-electron chi connectivity index (χ3n) is 3.33. The molecular weight excluding hydrogens is 308 g/mol. The van der Waals surface area contributed by atoms with E-state index in [4.69, 9.17) is 16.3 Å². The zero-order valence-corrected chi connectivity index (χ0v) is 13.1. The number of imide groups is 1. The van der Waals surface area contributed by atoms with E-state index in [1.165, 1.54) is 0 Å². The highest BCUT2D eigenvalue weighted by Crippen LogP contribution is 2.18. The average Bonchev–Trinajstić information content (AvgIpc) is 2.64. The van der Waals surface area contributed by atoms with E-state index in [9.17, 15) is 14.4 Å². The fourth-order valence-corrected chi connectivity index (χ4v) is 2.26. The number of halogens is 1. The minimum absolute atomic E-state index is 0.00451. The van der Waals surface area contributed by atoms with Crippen LogP contribution in [0.25, 0.3) is 0 Å². The van der Waals surface area contributed by atoms with Gasteiger partial charge >= 0.3 is 12.0 Å². The van der Waals surface area contributed by atoms with Crippen molar-refractivity contribution in [3.63, 3.8) is 0 Å². The topological polar surface area (TPSA) is 75.7 Å². The Kier molecular flexibility index (Phi) is 4.71. The monoisotopic (exact) mass is 324 g/mol. The third kappa shape index (κ3) is 3.57. The molecule has 2 rings (SSSR count). The van der Waals surface area contributed by atoms with Crippen LogP contribution in [-0.4, -0.2) is 34.9 Å². The van der Waals surface area contributed by atoms with Gasteiger partial charge in [0, 0.05) is 17.1 Å². The maximum atomic E-state index is 11.9. The second kappa shape index (κ2) is 6.36. The lowest BCUT2D eigenvalue weighted by molar-refractivity contribution is -0.145. The standard InChI is InChI=1S/C15H17ClN2O4/c1-15(2)13(20)18(14(21)17-15)8-7-12(19)22-9-10-5-3-4-6-11(10)16/h3-6H,7-9H2,1-2H3,(H,17,21). The van der Waals surface area contributed by atoms with Gasteiger partial charge in [-0.1, -0.05) is 29.8 Å². The van der Waals surface area contributed by atoms with E-state index < -0.39 is 17.5 Å². The number of carbonyl (C=O) groups excluding carboxylic acids is 3. The lowest BCUT2D eigenvalue weighted by atomic mass is 10.1. The van der Waals surface area contributed by atoms with Gasteiger partial charge < -0.3 is 10.1 Å². The minimum atomic E-state index is -0.932. The van der Waals surface area contributed by atoms with Gasteiger partial charge in [-0.3, -0.25) is 14.5 Å². The number of esters is 1. The fraction of sp³-hybridized carbons (Fsp3) is 0.400. The molecule has 1 heterocycles. The second-order valence-electron chi connectivity index (χ2n) is 5.51. The van der Waals surface area contributed by atoms with Crippen molar-refractivity contribution in [1.82, 2.24) is 10.2 Å². The number of nitrogens with one attached hydrogen (secondary N) is 1. The Hall–Kier alpha value is -2.08. The molecule has 0 bridgehead atoms. The Balaban J connectivity index is 1.83. The molecule has 3 amide bonds. The van der Waals surface area contributed by atoms with Crippen LogP contribution in [0.2, 0.25) is 5.02 Å². The molecule has 1 aromatic rings. The van der Waals surface area contributed by atoms with E-state index in [0.29, 0.717) is 10.6 Å². The van der Waals surface area contributed by atoms with Gasteiger partial charge in [-0.05, 0) is 19.9 Å². The average molecular weight is 325 g/mol. The van der Waals surface area contributed by atoms with Gasteiger partial charge in [-0.2, -0.15) is 0 Å². The zero-order valence-electron chi connectivity index (χ0n) is 12.4. The summed E-state index contributed by atoms with van der Waals surface area (Å²) in [6, 6.07) is 6.56. The van der Waals surface area contributed by atoms with Gasteiger partial charge in [0.05, 0.1) is 6.42 Å². The van der Waals surface area contributed by atoms with Crippen LogP contribution in [0.1, 0.15) is 25.8 Å². The van der Waals surface area contributed by atoms with E-state index in [1.54, 1.807) is 38.1 Å². The number of rotatable bonds is 5. The Morgan fingerprint density at radius 2 is 2.00 bits per heavy atom. The molecule has 118 valence electrons. The van der Waals surface area contributed by atoms with Gasteiger partial charge in [0.1, 0.15) is 12.1 Å². The maximum Gasteiger partial charge on any atom is 0.325 e. The Morgan fingerprint density at radius 3 is 2.59 bits per heavy atom. The van der Waals surface area contributed by atoms with Crippen LogP contribution in [0.15, 0.2) is 24.3 Å². The van der Waals surface area contributed by atoms with Crippen LogP contribution in [0.5, 0.6) is 0 Å². The Morgan fingerprint density at radius 1 is 1.32 bits per heavy atom. The first-order valence-corrected chi connectivity index (χ1v) is 7.22. The van der Waals surface area contributed by atoms with Gasteiger partial charge in [0.15, 0.2) is 0 Å². The summed E-state index contributed by atoms with van der Waals surface area (Å²) in [4.78, 5) is 36.4. The number of amides is 3. The first kappa shape index (κ1) is 16.3. The summed E-state index contributed by atoms with van der Waals surface area (Å²) in [6.07, 6.45) is -0.0559. The summed E-state index contributed by atoms with van der Waals surface area (Å²) >= 11 is 5.96. The van der Waals surface area contributed by atoms with Crippen molar-refractivity contribution >= 4 is 29.5 Å². The first-order valence-electron chi connectivity index (χ1n) is 6.84. The largest absolute Gasteiger partial charge is 0.461 e. The number of ether oxygens (including phenoxy) is 1. The minimum Gasteiger partial charge on any atom is -0.461 e. The molecule has 0 saturated carbocycles. The van der Waals surface area contributed by atoms with Gasteiger partial charge in [0.25, 0.3) is 5.91 Å². The van der Waals surface area contributed by atoms with Crippen LogP contribution >= 0.6 is 11.6 Å². The van der Waals surface area contributed by atoms with Crippen molar-refractivity contribution in [3.8, 4) is 0 Å². The molecule has 0 atom stereocenters. The molecule has 0 aromatic heterocycles. The number of hydrogen-bond donors (Lipinski definition) is 1.